The summed E-state index contributed by atoms with van der Waals surface area (Å²) in [6, 6.07) is 3.50. The molecule has 0 aromatic rings. The Labute approximate surface area is 82.0 Å². The van der Waals surface area contributed by atoms with Gasteiger partial charge in [-0.25, -0.2) is 0 Å². The van der Waals surface area contributed by atoms with Crippen molar-refractivity contribution < 1.29 is 0 Å². The van der Waals surface area contributed by atoms with Gasteiger partial charge in [-0.15, -0.1) is 13.2 Å². The Morgan fingerprint density at radius 3 is 1.83 bits per heavy atom. The molecule has 2 heteroatoms. The lowest BCUT2D eigenvalue weighted by molar-refractivity contribution is 1.08. The van der Waals surface area contributed by atoms with Crippen LogP contribution in [0.3, 0.4) is 0 Å². The fourth-order valence-corrected chi connectivity index (χ4v) is 4.25. The summed E-state index contributed by atoms with van der Waals surface area (Å²) >= 11 is 6.52. The predicted molar refractivity (Wildman–Crippen MR) is 61.3 cm³/mol. The summed E-state index contributed by atoms with van der Waals surface area (Å²) < 4.78 is 0. The van der Waals surface area contributed by atoms with Crippen molar-refractivity contribution in [2.24, 2.45) is 0 Å². The zero-order valence-corrected chi connectivity index (χ0v) is 9.74. The van der Waals surface area contributed by atoms with Gasteiger partial charge < -0.3 is 0 Å². The van der Waals surface area contributed by atoms with Crippen LogP contribution in [0.1, 0.15) is 19.8 Å². The molecule has 0 atom stereocenters. The summed E-state index contributed by atoms with van der Waals surface area (Å²) in [6.07, 6.45) is 6.07. The summed E-state index contributed by atoms with van der Waals surface area (Å²) in [6.45, 7) is 9.64. The van der Waals surface area contributed by atoms with Crippen molar-refractivity contribution >= 4 is 18.5 Å². The van der Waals surface area contributed by atoms with E-state index in [0.29, 0.717) is 0 Å². The van der Waals surface area contributed by atoms with Crippen molar-refractivity contribution in [2.45, 2.75) is 37.9 Å². The molecule has 0 saturated carbocycles. The molecule has 0 spiro atoms. The van der Waals surface area contributed by atoms with Gasteiger partial charge in [0, 0.05) is 0 Å². The molecule has 0 aromatic heterocycles. The van der Waals surface area contributed by atoms with Crippen molar-refractivity contribution in [1.29, 1.82) is 0 Å². The molecule has 0 heterocycles. The molecule has 0 saturated heterocycles. The van der Waals surface area contributed by atoms with E-state index in [1.165, 1.54) is 12.1 Å². The van der Waals surface area contributed by atoms with E-state index < -0.39 is 7.38 Å². The second-order valence-corrected chi connectivity index (χ2v) is 9.57. The Kier molecular flexibility index (Phi) is 6.49. The third-order valence-corrected chi connectivity index (χ3v) is 7.80. The molecule has 0 rings (SSSR count). The van der Waals surface area contributed by atoms with E-state index in [-0.39, 0.29) is 0 Å². The van der Waals surface area contributed by atoms with Crippen LogP contribution in [0.4, 0.5) is 0 Å². The highest BCUT2D eigenvalue weighted by Gasteiger charge is 2.26. The summed E-state index contributed by atoms with van der Waals surface area (Å²) in [7, 11) is -1.44. The second-order valence-electron chi connectivity index (χ2n) is 3.16. The minimum absolute atomic E-state index is 1.07. The number of rotatable bonds is 7. The molecule has 0 aliphatic carbocycles. The second kappa shape index (κ2) is 6.50. The van der Waals surface area contributed by atoms with E-state index in [1.54, 1.807) is 0 Å². The molecule has 12 heavy (non-hydrogen) atoms. The Balaban J connectivity index is 3.84. The molecule has 0 unspecified atom stereocenters. The first-order valence-electron chi connectivity index (χ1n) is 4.59. The lowest BCUT2D eigenvalue weighted by atomic mass is 10.5. The summed E-state index contributed by atoms with van der Waals surface area (Å²) in [5, 5.41) is 0. The van der Waals surface area contributed by atoms with Crippen molar-refractivity contribution in [3.05, 3.63) is 25.3 Å². The van der Waals surface area contributed by atoms with Gasteiger partial charge in [-0.3, -0.25) is 0 Å². The number of hydrogen-bond acceptors (Lipinski definition) is 0. The average Bonchev–Trinajstić information content (AvgIpc) is 2.11. The van der Waals surface area contributed by atoms with Gasteiger partial charge in [-0.1, -0.05) is 19.1 Å². The Hall–Kier alpha value is -0.0131. The molecule has 0 aliphatic rings. The van der Waals surface area contributed by atoms with Crippen LogP contribution in [0.25, 0.3) is 0 Å². The van der Waals surface area contributed by atoms with E-state index in [2.05, 4.69) is 20.1 Å². The molecule has 0 amide bonds. The highest BCUT2D eigenvalue weighted by molar-refractivity contribution is 7.20. The molecule has 0 bridgehead atoms. The zero-order valence-electron chi connectivity index (χ0n) is 7.98. The van der Waals surface area contributed by atoms with Gasteiger partial charge in [0.15, 0.2) is 7.38 Å². The van der Waals surface area contributed by atoms with Crippen LogP contribution in [-0.2, 0) is 0 Å². The lowest BCUT2D eigenvalue weighted by Crippen LogP contribution is -2.24. The van der Waals surface area contributed by atoms with Gasteiger partial charge in [-0.2, -0.15) is 11.1 Å². The summed E-state index contributed by atoms with van der Waals surface area (Å²) in [5.41, 5.74) is 0. The molecular weight excluding hydrogens is 184 g/mol. The van der Waals surface area contributed by atoms with E-state index >= 15 is 0 Å². The van der Waals surface area contributed by atoms with Crippen LogP contribution in [-0.4, -0.2) is 7.38 Å². The van der Waals surface area contributed by atoms with Crippen LogP contribution >= 0.6 is 11.1 Å². The predicted octanol–water partition coefficient (Wildman–Crippen LogP) is 4.34. The first-order chi connectivity index (χ1) is 5.68. The maximum atomic E-state index is 6.52. The third-order valence-electron chi connectivity index (χ3n) is 2.23. The largest absolute Gasteiger partial charge is 0.167 e. The number of hydrogen-bond donors (Lipinski definition) is 0. The molecule has 0 aromatic carbocycles. The lowest BCUT2D eigenvalue weighted by Gasteiger charge is -2.21. The zero-order chi connectivity index (χ0) is 9.45. The number of halogens is 1. The molecule has 0 N–H and O–H groups in total. The topological polar surface area (TPSA) is 0 Å². The Bertz CT molecular complexity index is 131. The van der Waals surface area contributed by atoms with Gasteiger partial charge in [0.25, 0.3) is 0 Å². The highest BCUT2D eigenvalue weighted by atomic mass is 35.6. The first kappa shape index (κ1) is 12.0. The van der Waals surface area contributed by atoms with Crippen LogP contribution in [0.2, 0.25) is 18.1 Å². The Morgan fingerprint density at radius 1 is 1.17 bits per heavy atom. The van der Waals surface area contributed by atoms with E-state index in [1.807, 2.05) is 12.2 Å². The monoisotopic (exact) mass is 202 g/mol. The molecule has 0 aliphatic heterocycles. The van der Waals surface area contributed by atoms with Crippen LogP contribution < -0.4 is 0 Å². The fraction of sp³-hybridized carbons (Fsp3) is 0.600. The van der Waals surface area contributed by atoms with E-state index in [4.69, 9.17) is 11.1 Å². The van der Waals surface area contributed by atoms with Crippen molar-refractivity contribution in [2.75, 3.05) is 0 Å². The normalized spacial score (nSPS) is 11.2. The maximum absolute atomic E-state index is 6.52. The van der Waals surface area contributed by atoms with Crippen molar-refractivity contribution in [3.8, 4) is 0 Å². The maximum Gasteiger partial charge on any atom is 0.156 e. The van der Waals surface area contributed by atoms with Crippen molar-refractivity contribution in [3.63, 3.8) is 0 Å². The summed E-state index contributed by atoms with van der Waals surface area (Å²) in [5.74, 6) is 0. The SMILES string of the molecule is C=CCC[Si](Cl)(CC)CCC=C. The average molecular weight is 203 g/mol. The van der Waals surface area contributed by atoms with Gasteiger partial charge in [0.1, 0.15) is 0 Å². The quantitative estimate of drug-likeness (QED) is 0.327. The molecule has 0 radical (unpaired) electrons. The molecule has 0 nitrogen and oxygen atoms in total. The third kappa shape index (κ3) is 4.78. The molecule has 70 valence electrons. The van der Waals surface area contributed by atoms with Gasteiger partial charge in [0.2, 0.25) is 0 Å². The molecule has 0 fully saturated rings. The van der Waals surface area contributed by atoms with Crippen LogP contribution in [0.5, 0.6) is 0 Å². The van der Waals surface area contributed by atoms with Gasteiger partial charge in [-0.05, 0) is 31.0 Å². The number of allylic oxidation sites excluding steroid dienone is 2. The van der Waals surface area contributed by atoms with Crippen molar-refractivity contribution in [1.82, 2.24) is 0 Å². The van der Waals surface area contributed by atoms with Crippen LogP contribution in [0.15, 0.2) is 25.3 Å². The fourth-order valence-electron chi connectivity index (χ4n) is 1.20. The van der Waals surface area contributed by atoms with Gasteiger partial charge >= 0.3 is 0 Å². The molecular formula is C10H19ClSi. The minimum atomic E-state index is -1.44. The minimum Gasteiger partial charge on any atom is -0.167 e. The smallest absolute Gasteiger partial charge is 0.156 e. The van der Waals surface area contributed by atoms with Gasteiger partial charge in [0.05, 0.1) is 0 Å². The first-order valence-corrected chi connectivity index (χ1v) is 8.22. The van der Waals surface area contributed by atoms with E-state index in [0.717, 1.165) is 18.9 Å². The van der Waals surface area contributed by atoms with E-state index in [9.17, 15) is 0 Å². The van der Waals surface area contributed by atoms with Crippen LogP contribution in [0, 0.1) is 0 Å². The Morgan fingerprint density at radius 2 is 1.58 bits per heavy atom. The standard InChI is InChI=1S/C10H19ClSi/c1-4-7-9-12(11,6-3)10-8-5-2/h4-5H,1-2,6-10H2,3H3. The highest BCUT2D eigenvalue weighted by Crippen LogP contribution is 2.28. The summed E-state index contributed by atoms with van der Waals surface area (Å²) in [4.78, 5) is 0.